The molecule has 1 N–H and O–H groups in total. The minimum atomic E-state index is -0.388. The molecule has 0 bridgehead atoms. The molecule has 0 atom stereocenters. The number of aryl methyl sites for hydroxylation is 2. The Morgan fingerprint density at radius 2 is 1.79 bits per heavy atom. The van der Waals surface area contributed by atoms with Gasteiger partial charge in [-0.3, -0.25) is 0 Å². The van der Waals surface area contributed by atoms with E-state index in [2.05, 4.69) is 68.1 Å². The Hall–Kier alpha value is -2.91. The summed E-state index contributed by atoms with van der Waals surface area (Å²) in [6, 6.07) is 19.0. The molecule has 3 heteroatoms. The molecule has 0 saturated carbocycles. The SMILES string of the molecule is C=C(C)C(=O)OCc1cc(CCCO)ccc1-c1ccc2cc(C)ccc2c1. The molecule has 0 aromatic heterocycles. The van der Waals surface area contributed by atoms with Crippen molar-refractivity contribution in [2.24, 2.45) is 0 Å². The zero-order chi connectivity index (χ0) is 20.1. The van der Waals surface area contributed by atoms with Gasteiger partial charge in [-0.25, -0.2) is 4.79 Å². The van der Waals surface area contributed by atoms with E-state index in [0.29, 0.717) is 12.0 Å². The number of esters is 1. The molecular weight excluding hydrogens is 348 g/mol. The molecular formula is C25H26O3. The van der Waals surface area contributed by atoms with Crippen LogP contribution >= 0.6 is 0 Å². The lowest BCUT2D eigenvalue weighted by molar-refractivity contribution is -0.140. The number of aliphatic hydroxyl groups excluding tert-OH is 1. The van der Waals surface area contributed by atoms with Gasteiger partial charge in [0.25, 0.3) is 0 Å². The Morgan fingerprint density at radius 3 is 2.54 bits per heavy atom. The topological polar surface area (TPSA) is 46.5 Å². The molecule has 0 spiro atoms. The van der Waals surface area contributed by atoms with Gasteiger partial charge in [-0.05, 0) is 65.8 Å². The third kappa shape index (κ3) is 4.68. The van der Waals surface area contributed by atoms with Gasteiger partial charge in [-0.1, -0.05) is 60.7 Å². The molecule has 3 rings (SSSR count). The van der Waals surface area contributed by atoms with Crippen LogP contribution in [0.1, 0.15) is 30.0 Å². The summed E-state index contributed by atoms with van der Waals surface area (Å²) >= 11 is 0. The van der Waals surface area contributed by atoms with Gasteiger partial charge in [0.1, 0.15) is 6.61 Å². The molecule has 0 radical (unpaired) electrons. The molecule has 0 saturated heterocycles. The standard InChI is InChI=1S/C25H26O3/c1-17(2)25(27)28-16-23-14-19(5-4-12-26)7-11-24(23)22-10-9-20-13-18(3)6-8-21(20)15-22/h6-11,13-15,26H,1,4-5,12,16H2,2-3H3. The number of carbonyl (C=O) groups excluding carboxylic acids is 1. The van der Waals surface area contributed by atoms with Gasteiger partial charge >= 0.3 is 5.97 Å². The highest BCUT2D eigenvalue weighted by molar-refractivity contribution is 5.89. The second-order valence-corrected chi connectivity index (χ2v) is 7.24. The number of rotatable bonds is 7. The number of aliphatic hydroxyl groups is 1. The highest BCUT2D eigenvalue weighted by atomic mass is 16.5. The van der Waals surface area contributed by atoms with Crippen LogP contribution in [-0.4, -0.2) is 17.7 Å². The van der Waals surface area contributed by atoms with Crippen molar-refractivity contribution in [2.75, 3.05) is 6.61 Å². The Morgan fingerprint density at radius 1 is 1.04 bits per heavy atom. The molecule has 0 heterocycles. The Labute approximate surface area is 166 Å². The third-order valence-electron chi connectivity index (χ3n) is 4.81. The van der Waals surface area contributed by atoms with Crippen LogP contribution in [0.3, 0.4) is 0 Å². The van der Waals surface area contributed by atoms with Crippen LogP contribution < -0.4 is 0 Å². The molecule has 28 heavy (non-hydrogen) atoms. The number of fused-ring (bicyclic) bond motifs is 1. The average Bonchev–Trinajstić information content (AvgIpc) is 2.70. The van der Waals surface area contributed by atoms with Crippen LogP contribution in [0.25, 0.3) is 21.9 Å². The van der Waals surface area contributed by atoms with Gasteiger partial charge in [0.15, 0.2) is 0 Å². The van der Waals surface area contributed by atoms with Crippen LogP contribution in [0.2, 0.25) is 0 Å². The molecule has 3 nitrogen and oxygen atoms in total. The monoisotopic (exact) mass is 374 g/mol. The fraction of sp³-hybridized carbons (Fsp3) is 0.240. The molecule has 0 aliphatic rings. The minimum Gasteiger partial charge on any atom is -0.457 e. The molecule has 0 amide bonds. The van der Waals surface area contributed by atoms with Crippen molar-refractivity contribution in [1.82, 2.24) is 0 Å². The van der Waals surface area contributed by atoms with Gasteiger partial charge < -0.3 is 9.84 Å². The lowest BCUT2D eigenvalue weighted by Gasteiger charge is -2.14. The largest absolute Gasteiger partial charge is 0.457 e. The minimum absolute atomic E-state index is 0.159. The van der Waals surface area contributed by atoms with Crippen LogP contribution in [0.5, 0.6) is 0 Å². The maximum atomic E-state index is 11.9. The summed E-state index contributed by atoms with van der Waals surface area (Å²) in [6.45, 7) is 7.73. The number of benzene rings is 3. The zero-order valence-corrected chi connectivity index (χ0v) is 16.5. The van der Waals surface area contributed by atoms with E-state index in [-0.39, 0.29) is 19.2 Å². The normalized spacial score (nSPS) is 10.8. The molecule has 0 unspecified atom stereocenters. The van der Waals surface area contributed by atoms with Crippen LogP contribution in [0.15, 0.2) is 66.7 Å². The van der Waals surface area contributed by atoms with Crippen LogP contribution in [0.4, 0.5) is 0 Å². The first kappa shape index (κ1) is 19.8. The van der Waals surface area contributed by atoms with Crippen molar-refractivity contribution in [3.63, 3.8) is 0 Å². The first-order valence-electron chi connectivity index (χ1n) is 9.54. The van der Waals surface area contributed by atoms with Crippen LogP contribution in [-0.2, 0) is 22.6 Å². The summed E-state index contributed by atoms with van der Waals surface area (Å²) < 4.78 is 5.43. The number of hydrogen-bond donors (Lipinski definition) is 1. The highest BCUT2D eigenvalue weighted by Crippen LogP contribution is 2.29. The Bertz CT molecular complexity index is 1020. The van der Waals surface area contributed by atoms with E-state index in [1.807, 2.05) is 0 Å². The van der Waals surface area contributed by atoms with Crippen molar-refractivity contribution in [1.29, 1.82) is 0 Å². The fourth-order valence-corrected chi connectivity index (χ4v) is 3.29. The predicted octanol–water partition coefficient (Wildman–Crippen LogP) is 5.36. The summed E-state index contributed by atoms with van der Waals surface area (Å²) in [7, 11) is 0. The lowest BCUT2D eigenvalue weighted by Crippen LogP contribution is -2.06. The van der Waals surface area contributed by atoms with Crippen LogP contribution in [0, 0.1) is 6.92 Å². The molecule has 0 aliphatic carbocycles. The van der Waals surface area contributed by atoms with Crippen molar-refractivity contribution in [3.05, 3.63) is 83.4 Å². The number of ether oxygens (including phenoxy) is 1. The number of carbonyl (C=O) groups is 1. The van der Waals surface area contributed by atoms with E-state index in [0.717, 1.165) is 28.7 Å². The predicted molar refractivity (Wildman–Crippen MR) is 114 cm³/mol. The Kier molecular flexibility index (Phi) is 6.27. The van der Waals surface area contributed by atoms with E-state index in [1.165, 1.54) is 16.3 Å². The summed E-state index contributed by atoms with van der Waals surface area (Å²) in [5, 5.41) is 11.5. The van der Waals surface area contributed by atoms with E-state index in [1.54, 1.807) is 6.92 Å². The molecule has 144 valence electrons. The second kappa shape index (κ2) is 8.85. The Balaban J connectivity index is 1.99. The summed E-state index contributed by atoms with van der Waals surface area (Å²) in [4.78, 5) is 11.9. The maximum Gasteiger partial charge on any atom is 0.333 e. The summed E-state index contributed by atoms with van der Waals surface area (Å²) in [5.74, 6) is -0.388. The lowest BCUT2D eigenvalue weighted by atomic mass is 9.94. The van der Waals surface area contributed by atoms with Crippen molar-refractivity contribution < 1.29 is 14.6 Å². The summed E-state index contributed by atoms with van der Waals surface area (Å²) in [6.07, 6.45) is 1.49. The molecule has 3 aromatic rings. The smallest absolute Gasteiger partial charge is 0.333 e. The van der Waals surface area contributed by atoms with E-state index in [4.69, 9.17) is 9.84 Å². The summed E-state index contributed by atoms with van der Waals surface area (Å²) in [5.41, 5.74) is 5.84. The van der Waals surface area contributed by atoms with Crippen molar-refractivity contribution >= 4 is 16.7 Å². The third-order valence-corrected chi connectivity index (χ3v) is 4.81. The quantitative estimate of drug-likeness (QED) is 0.447. The average molecular weight is 374 g/mol. The molecule has 0 fully saturated rings. The number of hydrogen-bond acceptors (Lipinski definition) is 3. The second-order valence-electron chi connectivity index (χ2n) is 7.24. The first-order chi connectivity index (χ1) is 13.5. The van der Waals surface area contributed by atoms with Gasteiger partial charge in [0.05, 0.1) is 0 Å². The van der Waals surface area contributed by atoms with E-state index in [9.17, 15) is 4.79 Å². The highest BCUT2D eigenvalue weighted by Gasteiger charge is 2.11. The van der Waals surface area contributed by atoms with E-state index < -0.39 is 0 Å². The van der Waals surface area contributed by atoms with Crippen molar-refractivity contribution in [2.45, 2.75) is 33.3 Å². The maximum absolute atomic E-state index is 11.9. The zero-order valence-electron chi connectivity index (χ0n) is 16.5. The fourth-order valence-electron chi connectivity index (χ4n) is 3.29. The van der Waals surface area contributed by atoms with E-state index >= 15 is 0 Å². The van der Waals surface area contributed by atoms with Gasteiger partial charge in [0, 0.05) is 12.2 Å². The van der Waals surface area contributed by atoms with Gasteiger partial charge in [0.2, 0.25) is 0 Å². The van der Waals surface area contributed by atoms with Gasteiger partial charge in [-0.2, -0.15) is 0 Å². The first-order valence-corrected chi connectivity index (χ1v) is 9.54. The molecule has 3 aromatic carbocycles. The van der Waals surface area contributed by atoms with Crippen molar-refractivity contribution in [3.8, 4) is 11.1 Å². The van der Waals surface area contributed by atoms with Gasteiger partial charge in [-0.15, -0.1) is 0 Å². The molecule has 0 aliphatic heterocycles.